The van der Waals surface area contributed by atoms with Gasteiger partial charge in [0.2, 0.25) is 5.91 Å². The van der Waals surface area contributed by atoms with E-state index in [9.17, 15) is 4.79 Å². The largest absolute Gasteiger partial charge is 0.490 e. The highest BCUT2D eigenvalue weighted by Crippen LogP contribution is 2.28. The standard InChI is InChI=1S/C15H21NO3/c1-4-15(17)16-10-9-12-7-8-13(18-5-2)14(11-12)19-6-3/h4,7-8,11H,1,5-6,9-10H2,2-3H3,(H,16,17). The van der Waals surface area contributed by atoms with Gasteiger partial charge in [0.05, 0.1) is 13.2 Å². The molecule has 4 nitrogen and oxygen atoms in total. The third kappa shape index (κ3) is 5.04. The van der Waals surface area contributed by atoms with E-state index in [4.69, 9.17) is 9.47 Å². The summed E-state index contributed by atoms with van der Waals surface area (Å²) in [5, 5.41) is 2.74. The van der Waals surface area contributed by atoms with E-state index in [2.05, 4.69) is 11.9 Å². The zero-order valence-corrected chi connectivity index (χ0v) is 11.6. The first-order valence-corrected chi connectivity index (χ1v) is 6.50. The fourth-order valence-electron chi connectivity index (χ4n) is 1.65. The molecule has 0 aliphatic carbocycles. The SMILES string of the molecule is C=CC(=O)NCCc1ccc(OCC)c(OCC)c1. The molecule has 0 heterocycles. The van der Waals surface area contributed by atoms with E-state index in [-0.39, 0.29) is 5.91 Å². The van der Waals surface area contributed by atoms with Crippen molar-refractivity contribution in [1.29, 1.82) is 0 Å². The van der Waals surface area contributed by atoms with Crippen molar-refractivity contribution < 1.29 is 14.3 Å². The van der Waals surface area contributed by atoms with Gasteiger partial charge in [-0.15, -0.1) is 0 Å². The lowest BCUT2D eigenvalue weighted by Gasteiger charge is -2.12. The van der Waals surface area contributed by atoms with E-state index in [0.29, 0.717) is 19.8 Å². The Morgan fingerprint density at radius 1 is 1.26 bits per heavy atom. The Kier molecular flexibility index (Phi) is 6.50. The average molecular weight is 263 g/mol. The maximum atomic E-state index is 11.0. The van der Waals surface area contributed by atoms with Gasteiger partial charge in [-0.2, -0.15) is 0 Å². The van der Waals surface area contributed by atoms with Gasteiger partial charge in [-0.25, -0.2) is 0 Å². The lowest BCUT2D eigenvalue weighted by atomic mass is 10.1. The number of rotatable bonds is 8. The van der Waals surface area contributed by atoms with Crippen molar-refractivity contribution in [1.82, 2.24) is 5.32 Å². The molecule has 104 valence electrons. The van der Waals surface area contributed by atoms with Gasteiger partial charge in [0.25, 0.3) is 0 Å². The predicted molar refractivity (Wildman–Crippen MR) is 75.7 cm³/mol. The summed E-state index contributed by atoms with van der Waals surface area (Å²) in [6.07, 6.45) is 2.01. The number of ether oxygens (including phenoxy) is 2. The summed E-state index contributed by atoms with van der Waals surface area (Å²) < 4.78 is 11.0. The monoisotopic (exact) mass is 263 g/mol. The quantitative estimate of drug-likeness (QED) is 0.732. The number of hydrogen-bond acceptors (Lipinski definition) is 3. The highest BCUT2D eigenvalue weighted by Gasteiger charge is 2.06. The second-order valence-corrected chi connectivity index (χ2v) is 3.89. The van der Waals surface area contributed by atoms with Crippen molar-refractivity contribution in [2.45, 2.75) is 20.3 Å². The number of amides is 1. The Balaban J connectivity index is 2.66. The van der Waals surface area contributed by atoms with Gasteiger partial charge < -0.3 is 14.8 Å². The zero-order chi connectivity index (χ0) is 14.1. The van der Waals surface area contributed by atoms with Gasteiger partial charge in [-0.3, -0.25) is 4.79 Å². The topological polar surface area (TPSA) is 47.6 Å². The smallest absolute Gasteiger partial charge is 0.243 e. The molecule has 0 aliphatic heterocycles. The van der Waals surface area contributed by atoms with Crippen LogP contribution < -0.4 is 14.8 Å². The Morgan fingerprint density at radius 2 is 1.95 bits per heavy atom. The Labute approximate surface area is 114 Å². The fraction of sp³-hybridized carbons (Fsp3) is 0.400. The molecule has 0 saturated carbocycles. The molecular formula is C15H21NO3. The van der Waals surface area contributed by atoms with Crippen LogP contribution in [0.5, 0.6) is 11.5 Å². The molecule has 0 radical (unpaired) electrons. The average Bonchev–Trinajstić information content (AvgIpc) is 2.42. The number of hydrogen-bond donors (Lipinski definition) is 1. The van der Waals surface area contributed by atoms with E-state index in [0.717, 1.165) is 23.5 Å². The van der Waals surface area contributed by atoms with Crippen LogP contribution >= 0.6 is 0 Å². The molecular weight excluding hydrogens is 242 g/mol. The van der Waals surface area contributed by atoms with Crippen molar-refractivity contribution >= 4 is 5.91 Å². The van der Waals surface area contributed by atoms with Crippen LogP contribution in [0.3, 0.4) is 0 Å². The van der Waals surface area contributed by atoms with Gasteiger partial charge >= 0.3 is 0 Å². The van der Waals surface area contributed by atoms with Gasteiger partial charge in [-0.1, -0.05) is 12.6 Å². The van der Waals surface area contributed by atoms with E-state index in [1.165, 1.54) is 6.08 Å². The molecule has 1 rings (SSSR count). The maximum Gasteiger partial charge on any atom is 0.243 e. The van der Waals surface area contributed by atoms with E-state index >= 15 is 0 Å². The number of carbonyl (C=O) groups is 1. The van der Waals surface area contributed by atoms with Crippen LogP contribution in [0.2, 0.25) is 0 Å². The van der Waals surface area contributed by atoms with Gasteiger partial charge in [0.15, 0.2) is 11.5 Å². The highest BCUT2D eigenvalue weighted by molar-refractivity contribution is 5.86. The van der Waals surface area contributed by atoms with Gasteiger partial charge in [0, 0.05) is 6.54 Å². The second-order valence-electron chi connectivity index (χ2n) is 3.89. The van der Waals surface area contributed by atoms with E-state index in [1.54, 1.807) is 0 Å². The summed E-state index contributed by atoms with van der Waals surface area (Å²) >= 11 is 0. The van der Waals surface area contributed by atoms with E-state index in [1.807, 2.05) is 32.0 Å². The van der Waals surface area contributed by atoms with Crippen molar-refractivity contribution in [2.24, 2.45) is 0 Å². The summed E-state index contributed by atoms with van der Waals surface area (Å²) in [6.45, 7) is 9.06. The number of carbonyl (C=O) groups excluding carboxylic acids is 1. The summed E-state index contributed by atoms with van der Waals surface area (Å²) in [4.78, 5) is 11.0. The zero-order valence-electron chi connectivity index (χ0n) is 11.6. The summed E-state index contributed by atoms with van der Waals surface area (Å²) in [5.74, 6) is 1.34. The summed E-state index contributed by atoms with van der Waals surface area (Å²) in [6, 6.07) is 5.83. The highest BCUT2D eigenvalue weighted by atomic mass is 16.5. The van der Waals surface area contributed by atoms with Crippen molar-refractivity contribution in [3.63, 3.8) is 0 Å². The molecule has 19 heavy (non-hydrogen) atoms. The molecule has 0 atom stereocenters. The molecule has 1 N–H and O–H groups in total. The van der Waals surface area contributed by atoms with Crippen LogP contribution in [-0.4, -0.2) is 25.7 Å². The van der Waals surface area contributed by atoms with E-state index < -0.39 is 0 Å². The number of nitrogens with one attached hydrogen (secondary N) is 1. The minimum Gasteiger partial charge on any atom is -0.490 e. The third-order valence-corrected chi connectivity index (χ3v) is 2.51. The maximum absolute atomic E-state index is 11.0. The lowest BCUT2D eigenvalue weighted by molar-refractivity contribution is -0.116. The third-order valence-electron chi connectivity index (χ3n) is 2.51. The number of benzene rings is 1. The Bertz CT molecular complexity index is 429. The lowest BCUT2D eigenvalue weighted by Crippen LogP contribution is -2.23. The fourth-order valence-corrected chi connectivity index (χ4v) is 1.65. The summed E-state index contributed by atoms with van der Waals surface area (Å²) in [5.41, 5.74) is 1.09. The molecule has 0 spiro atoms. The molecule has 0 fully saturated rings. The van der Waals surface area contributed by atoms with Crippen molar-refractivity contribution in [3.8, 4) is 11.5 Å². The first-order chi connectivity index (χ1) is 9.21. The molecule has 1 aromatic carbocycles. The van der Waals surface area contributed by atoms with Crippen LogP contribution in [0.15, 0.2) is 30.9 Å². The molecule has 0 aromatic heterocycles. The first kappa shape index (κ1) is 15.1. The molecule has 1 amide bonds. The minimum absolute atomic E-state index is 0.157. The van der Waals surface area contributed by atoms with Crippen molar-refractivity contribution in [2.75, 3.05) is 19.8 Å². The van der Waals surface area contributed by atoms with Crippen molar-refractivity contribution in [3.05, 3.63) is 36.4 Å². The summed E-state index contributed by atoms with van der Waals surface area (Å²) in [7, 11) is 0. The predicted octanol–water partition coefficient (Wildman–Crippen LogP) is 2.33. The Hall–Kier alpha value is -1.97. The molecule has 4 heteroatoms. The normalized spacial score (nSPS) is 9.79. The van der Waals surface area contributed by atoms with Crippen LogP contribution in [-0.2, 0) is 11.2 Å². The molecule has 0 bridgehead atoms. The first-order valence-electron chi connectivity index (χ1n) is 6.50. The van der Waals surface area contributed by atoms with Gasteiger partial charge in [0.1, 0.15) is 0 Å². The Morgan fingerprint density at radius 3 is 2.58 bits per heavy atom. The molecule has 1 aromatic rings. The van der Waals surface area contributed by atoms with Crippen LogP contribution in [0.1, 0.15) is 19.4 Å². The molecule has 0 aliphatic rings. The van der Waals surface area contributed by atoms with Crippen LogP contribution in [0.25, 0.3) is 0 Å². The van der Waals surface area contributed by atoms with Crippen LogP contribution in [0.4, 0.5) is 0 Å². The minimum atomic E-state index is -0.157. The van der Waals surface area contributed by atoms with Gasteiger partial charge in [-0.05, 0) is 44.0 Å². The molecule has 0 saturated heterocycles. The second kappa shape index (κ2) is 8.19. The molecule has 0 unspecified atom stereocenters. The van der Waals surface area contributed by atoms with Crippen LogP contribution in [0, 0.1) is 0 Å².